The maximum Gasteiger partial charge on any atom is 0.197 e. The van der Waals surface area contributed by atoms with Crippen LogP contribution in [-0.4, -0.2) is 21.1 Å². The Hall–Kier alpha value is -2.75. The van der Waals surface area contributed by atoms with Gasteiger partial charge in [-0.25, -0.2) is 4.98 Å². The number of Topliss-reactive ketones (excluding diaryl/α,β-unsaturated/α-hetero) is 2. The van der Waals surface area contributed by atoms with Crippen molar-refractivity contribution in [3.05, 3.63) is 95.2 Å². The van der Waals surface area contributed by atoms with E-state index >= 15 is 0 Å². The van der Waals surface area contributed by atoms with Crippen molar-refractivity contribution in [2.75, 3.05) is 0 Å². The average Bonchev–Trinajstić information content (AvgIpc) is 3.46. The highest BCUT2D eigenvalue weighted by Crippen LogP contribution is 2.36. The highest BCUT2D eigenvalue weighted by atomic mass is 127. The van der Waals surface area contributed by atoms with E-state index < -0.39 is 0 Å². The molecule has 4 nitrogen and oxygen atoms in total. The molecule has 0 fully saturated rings. The predicted molar refractivity (Wildman–Crippen MR) is 145 cm³/mol. The summed E-state index contributed by atoms with van der Waals surface area (Å²) in [6.45, 7) is 0. The summed E-state index contributed by atoms with van der Waals surface area (Å²) in [6, 6.07) is 23.6. The third-order valence-electron chi connectivity index (χ3n) is 5.84. The molecule has 33 heavy (non-hydrogen) atoms. The second-order valence-electron chi connectivity index (χ2n) is 7.77. The molecular weight excluding hydrogens is 563 g/mol. The SMILES string of the molecule is O=C1C(=Cc2cc3sc(-c4ccccc4)nc3n2CSI)C(=O)c2cc3ccccc3cc21. The van der Waals surface area contributed by atoms with Crippen molar-refractivity contribution in [1.29, 1.82) is 0 Å². The summed E-state index contributed by atoms with van der Waals surface area (Å²) in [7, 11) is 1.64. The molecule has 0 aliphatic heterocycles. The van der Waals surface area contributed by atoms with Gasteiger partial charge in [-0.05, 0) is 56.3 Å². The largest absolute Gasteiger partial charge is 0.315 e. The van der Waals surface area contributed by atoms with Crippen LogP contribution in [0, 0.1) is 0 Å². The topological polar surface area (TPSA) is 52.0 Å². The number of hydrogen-bond acceptors (Lipinski definition) is 5. The third-order valence-corrected chi connectivity index (χ3v) is 8.07. The number of fused-ring (bicyclic) bond motifs is 3. The molecule has 2 heterocycles. The Morgan fingerprint density at radius 1 is 0.909 bits per heavy atom. The van der Waals surface area contributed by atoms with Crippen LogP contribution in [0.15, 0.2) is 78.4 Å². The first kappa shape index (κ1) is 20.8. The molecule has 7 heteroatoms. The zero-order valence-electron chi connectivity index (χ0n) is 17.1. The number of benzene rings is 3. The van der Waals surface area contributed by atoms with E-state index in [2.05, 4.69) is 37.9 Å². The Bertz CT molecular complexity index is 1560. The highest BCUT2D eigenvalue weighted by molar-refractivity contribution is 14.2. The molecule has 3 aromatic carbocycles. The van der Waals surface area contributed by atoms with E-state index in [0.29, 0.717) is 17.0 Å². The first-order valence-corrected chi connectivity index (χ1v) is 14.6. The maximum atomic E-state index is 13.2. The van der Waals surface area contributed by atoms with Crippen LogP contribution in [0.1, 0.15) is 26.4 Å². The second-order valence-corrected chi connectivity index (χ2v) is 11.1. The summed E-state index contributed by atoms with van der Waals surface area (Å²) < 4.78 is 3.11. The molecule has 0 saturated carbocycles. The van der Waals surface area contributed by atoms with Crippen LogP contribution in [0.4, 0.5) is 0 Å². The Balaban J connectivity index is 1.46. The van der Waals surface area contributed by atoms with Crippen molar-refractivity contribution >= 4 is 80.2 Å². The van der Waals surface area contributed by atoms with Crippen molar-refractivity contribution in [2.45, 2.75) is 5.88 Å². The van der Waals surface area contributed by atoms with Crippen LogP contribution in [0.3, 0.4) is 0 Å². The molecule has 6 rings (SSSR count). The Morgan fingerprint density at radius 2 is 1.55 bits per heavy atom. The lowest BCUT2D eigenvalue weighted by Crippen LogP contribution is -2.03. The smallest absolute Gasteiger partial charge is 0.197 e. The van der Waals surface area contributed by atoms with E-state index in [9.17, 15) is 9.59 Å². The predicted octanol–water partition coefficient (Wildman–Crippen LogP) is 7.42. The van der Waals surface area contributed by atoms with E-state index in [0.717, 1.165) is 37.4 Å². The average molecular weight is 578 g/mol. The van der Waals surface area contributed by atoms with E-state index in [1.807, 2.05) is 60.7 Å². The van der Waals surface area contributed by atoms with Gasteiger partial charge < -0.3 is 4.57 Å². The molecule has 160 valence electrons. The molecule has 0 unspecified atom stereocenters. The van der Waals surface area contributed by atoms with E-state index in [1.165, 1.54) is 0 Å². The quantitative estimate of drug-likeness (QED) is 0.127. The number of rotatable bonds is 4. The molecule has 0 N–H and O–H groups in total. The number of hydrogen-bond donors (Lipinski definition) is 0. The number of nitrogens with zero attached hydrogens (tertiary/aromatic N) is 2. The van der Waals surface area contributed by atoms with Crippen molar-refractivity contribution in [2.24, 2.45) is 0 Å². The lowest BCUT2D eigenvalue weighted by Gasteiger charge is -2.04. The fourth-order valence-electron chi connectivity index (χ4n) is 4.24. The molecule has 1 aliphatic rings. The molecular formula is C26H15IN2O2S2. The van der Waals surface area contributed by atoms with Crippen molar-refractivity contribution in [3.8, 4) is 10.6 Å². The van der Waals surface area contributed by atoms with Crippen LogP contribution in [0.25, 0.3) is 37.8 Å². The monoisotopic (exact) mass is 578 g/mol. The van der Waals surface area contributed by atoms with Gasteiger partial charge in [0.25, 0.3) is 0 Å². The standard InChI is InChI=1S/C26H15IN2O2S2/c27-32-14-29-18(13-22-25(29)28-26(33-22)15-6-2-1-3-7-15)12-21-23(30)19-10-16-8-4-5-9-17(16)11-20(19)24(21)31/h1-13H,14H2. The Labute approximate surface area is 209 Å². The summed E-state index contributed by atoms with van der Waals surface area (Å²) >= 11 is 3.87. The minimum Gasteiger partial charge on any atom is -0.315 e. The van der Waals surface area contributed by atoms with Gasteiger partial charge in [0.1, 0.15) is 5.01 Å². The maximum absolute atomic E-state index is 13.2. The zero-order valence-corrected chi connectivity index (χ0v) is 20.9. The second kappa shape index (κ2) is 8.23. The number of thiazole rings is 1. The Kier molecular flexibility index (Phi) is 5.20. The molecule has 0 radical (unpaired) electrons. The van der Waals surface area contributed by atoms with Gasteiger partial charge in [0.2, 0.25) is 0 Å². The van der Waals surface area contributed by atoms with Crippen molar-refractivity contribution < 1.29 is 9.59 Å². The van der Waals surface area contributed by atoms with E-state index in [1.54, 1.807) is 26.3 Å². The van der Waals surface area contributed by atoms with Gasteiger partial charge >= 0.3 is 0 Å². The number of halogens is 1. The summed E-state index contributed by atoms with van der Waals surface area (Å²) in [5, 5.41) is 2.88. The molecule has 0 saturated heterocycles. The third kappa shape index (κ3) is 3.46. The van der Waals surface area contributed by atoms with Gasteiger partial charge in [-0.15, -0.1) is 11.3 Å². The first-order chi connectivity index (χ1) is 16.1. The minimum atomic E-state index is -0.211. The normalized spacial score (nSPS) is 13.3. The molecule has 0 atom stereocenters. The number of ketones is 2. The molecule has 0 bridgehead atoms. The summed E-state index contributed by atoms with van der Waals surface area (Å²) in [5.41, 5.74) is 3.96. The van der Waals surface area contributed by atoms with Crippen LogP contribution >= 0.6 is 41.5 Å². The molecule has 2 aromatic heterocycles. The van der Waals surface area contributed by atoms with Crippen LogP contribution in [0.2, 0.25) is 0 Å². The van der Waals surface area contributed by atoms with Gasteiger partial charge in [0.05, 0.1) is 16.1 Å². The summed E-state index contributed by atoms with van der Waals surface area (Å²) in [6.07, 6.45) is 1.73. The van der Waals surface area contributed by atoms with Gasteiger partial charge in [0.15, 0.2) is 17.2 Å². The fourth-order valence-corrected chi connectivity index (χ4v) is 6.47. The van der Waals surface area contributed by atoms with Crippen LogP contribution in [0.5, 0.6) is 0 Å². The molecule has 5 aromatic rings. The van der Waals surface area contributed by atoms with Gasteiger partial charge in [0, 0.05) is 22.4 Å². The highest BCUT2D eigenvalue weighted by Gasteiger charge is 2.34. The van der Waals surface area contributed by atoms with Crippen LogP contribution < -0.4 is 0 Å². The molecule has 0 spiro atoms. The molecule has 1 aliphatic carbocycles. The summed E-state index contributed by atoms with van der Waals surface area (Å²) in [4.78, 5) is 31.3. The zero-order chi connectivity index (χ0) is 22.5. The number of allylic oxidation sites excluding steroid dienone is 1. The van der Waals surface area contributed by atoms with Crippen LogP contribution in [-0.2, 0) is 5.88 Å². The van der Waals surface area contributed by atoms with Crippen molar-refractivity contribution in [3.63, 3.8) is 0 Å². The van der Waals surface area contributed by atoms with E-state index in [-0.39, 0.29) is 17.1 Å². The lowest BCUT2D eigenvalue weighted by molar-refractivity contribution is 0.0990. The summed E-state index contributed by atoms with van der Waals surface area (Å²) in [5.74, 6) is 0.245. The van der Waals surface area contributed by atoms with Gasteiger partial charge in [-0.2, -0.15) is 0 Å². The fraction of sp³-hybridized carbons (Fsp3) is 0.0385. The lowest BCUT2D eigenvalue weighted by atomic mass is 10.0. The van der Waals surface area contributed by atoms with E-state index in [4.69, 9.17) is 4.98 Å². The number of carbonyl (C=O) groups is 2. The Morgan fingerprint density at radius 3 is 2.18 bits per heavy atom. The number of carbonyl (C=O) groups excluding carboxylic acids is 2. The molecule has 0 amide bonds. The first-order valence-electron chi connectivity index (χ1n) is 10.3. The number of aromatic nitrogens is 2. The van der Waals surface area contributed by atoms with Gasteiger partial charge in [-0.3, -0.25) is 9.59 Å². The van der Waals surface area contributed by atoms with Gasteiger partial charge in [-0.1, -0.05) is 63.5 Å². The van der Waals surface area contributed by atoms with Crippen molar-refractivity contribution in [1.82, 2.24) is 9.55 Å². The minimum absolute atomic E-state index is 0.211.